The fraction of sp³-hybridized carbons (Fsp3) is 0.300. The summed E-state index contributed by atoms with van der Waals surface area (Å²) in [5.74, 6) is -0.0898. The van der Waals surface area contributed by atoms with Crippen LogP contribution in [0.4, 0.5) is 4.39 Å². The molecule has 0 saturated carbocycles. The van der Waals surface area contributed by atoms with Crippen LogP contribution in [0.15, 0.2) is 18.2 Å². The van der Waals surface area contributed by atoms with Crippen LogP contribution in [0.2, 0.25) is 0 Å². The van der Waals surface area contributed by atoms with E-state index in [4.69, 9.17) is 5.26 Å². The van der Waals surface area contributed by atoms with E-state index >= 15 is 0 Å². The van der Waals surface area contributed by atoms with Gasteiger partial charge in [-0.15, -0.1) is 0 Å². The van der Waals surface area contributed by atoms with Crippen molar-refractivity contribution in [1.29, 1.82) is 5.26 Å². The summed E-state index contributed by atoms with van der Waals surface area (Å²) in [4.78, 5) is 0. The molecule has 62 valence electrons. The lowest BCUT2D eigenvalue weighted by Crippen LogP contribution is -1.93. The molecule has 0 bridgehead atoms. The van der Waals surface area contributed by atoms with Gasteiger partial charge in [0.25, 0.3) is 0 Å². The van der Waals surface area contributed by atoms with Gasteiger partial charge in [0.2, 0.25) is 0 Å². The summed E-state index contributed by atoms with van der Waals surface area (Å²) in [7, 11) is 0. The van der Waals surface area contributed by atoms with Gasteiger partial charge in [-0.3, -0.25) is 0 Å². The largest absolute Gasteiger partial charge is 0.207 e. The van der Waals surface area contributed by atoms with Crippen LogP contribution in [-0.4, -0.2) is 0 Å². The Morgan fingerprint density at radius 2 is 2.08 bits per heavy atom. The smallest absolute Gasteiger partial charge is 0.123 e. The normalized spacial score (nSPS) is 9.92. The third kappa shape index (κ3) is 1.62. The number of halogens is 1. The highest BCUT2D eigenvalue weighted by Gasteiger charge is 2.06. The van der Waals surface area contributed by atoms with E-state index in [2.05, 4.69) is 0 Å². The van der Waals surface area contributed by atoms with Crippen molar-refractivity contribution < 1.29 is 4.39 Å². The molecule has 0 atom stereocenters. The maximum absolute atomic E-state index is 12.7. The number of benzene rings is 1. The maximum atomic E-state index is 12.7. The van der Waals surface area contributed by atoms with Gasteiger partial charge in [0.05, 0.1) is 11.6 Å². The van der Waals surface area contributed by atoms with Crippen LogP contribution in [0.3, 0.4) is 0 Å². The Hall–Kier alpha value is -1.36. The first kappa shape index (κ1) is 8.73. The summed E-state index contributed by atoms with van der Waals surface area (Å²) < 4.78 is 12.7. The third-order valence-electron chi connectivity index (χ3n) is 1.76. The van der Waals surface area contributed by atoms with E-state index in [-0.39, 0.29) is 11.7 Å². The number of nitrogens with zero attached hydrogens (tertiary/aromatic N) is 1. The Morgan fingerprint density at radius 3 is 2.58 bits per heavy atom. The molecule has 1 rings (SSSR count). The fourth-order valence-electron chi connectivity index (χ4n) is 1.11. The number of nitriles is 1. The predicted molar refractivity (Wildman–Crippen MR) is 45.2 cm³/mol. The van der Waals surface area contributed by atoms with Crippen molar-refractivity contribution >= 4 is 0 Å². The minimum atomic E-state index is -0.280. The molecule has 0 heterocycles. The quantitative estimate of drug-likeness (QED) is 0.624. The van der Waals surface area contributed by atoms with Gasteiger partial charge in [0, 0.05) is 0 Å². The van der Waals surface area contributed by atoms with Crippen LogP contribution in [0, 0.1) is 17.1 Å². The van der Waals surface area contributed by atoms with Crippen molar-refractivity contribution in [3.05, 3.63) is 35.1 Å². The average Bonchev–Trinajstić information content (AvgIpc) is 2.04. The summed E-state index contributed by atoms with van der Waals surface area (Å²) in [5.41, 5.74) is 1.34. The van der Waals surface area contributed by atoms with E-state index in [0.29, 0.717) is 5.56 Å². The Kier molecular flexibility index (Phi) is 2.44. The standard InChI is InChI=1S/C10H10FN/c1-7(2)10-5-9(11)4-3-8(10)6-12/h3-5,7H,1-2H3. The van der Waals surface area contributed by atoms with Gasteiger partial charge < -0.3 is 0 Å². The Balaban J connectivity index is 3.24. The molecule has 0 aliphatic heterocycles. The van der Waals surface area contributed by atoms with Gasteiger partial charge in [0.15, 0.2) is 0 Å². The van der Waals surface area contributed by atoms with Gasteiger partial charge >= 0.3 is 0 Å². The van der Waals surface area contributed by atoms with E-state index in [1.54, 1.807) is 0 Å². The molecule has 0 radical (unpaired) electrons. The monoisotopic (exact) mass is 163 g/mol. The van der Waals surface area contributed by atoms with E-state index < -0.39 is 0 Å². The number of hydrogen-bond acceptors (Lipinski definition) is 1. The van der Waals surface area contributed by atoms with Crippen molar-refractivity contribution in [2.24, 2.45) is 0 Å². The maximum Gasteiger partial charge on any atom is 0.123 e. The van der Waals surface area contributed by atoms with Crippen molar-refractivity contribution in [2.75, 3.05) is 0 Å². The summed E-state index contributed by atoms with van der Waals surface area (Å²) >= 11 is 0. The van der Waals surface area contributed by atoms with Gasteiger partial charge in [-0.25, -0.2) is 4.39 Å². The molecule has 1 aromatic rings. The predicted octanol–water partition coefficient (Wildman–Crippen LogP) is 2.82. The molecule has 0 spiro atoms. The molecule has 2 heteroatoms. The SMILES string of the molecule is CC(C)c1cc(F)ccc1C#N. The fourth-order valence-corrected chi connectivity index (χ4v) is 1.11. The second kappa shape index (κ2) is 3.36. The first-order chi connectivity index (χ1) is 5.65. The summed E-state index contributed by atoms with van der Waals surface area (Å²) in [5, 5.41) is 8.69. The van der Waals surface area contributed by atoms with Crippen LogP contribution >= 0.6 is 0 Å². The first-order valence-electron chi connectivity index (χ1n) is 3.84. The van der Waals surface area contributed by atoms with Crippen molar-refractivity contribution in [1.82, 2.24) is 0 Å². The lowest BCUT2D eigenvalue weighted by molar-refractivity contribution is 0.623. The highest BCUT2D eigenvalue weighted by molar-refractivity contribution is 5.39. The van der Waals surface area contributed by atoms with Gasteiger partial charge in [-0.2, -0.15) is 5.26 Å². The second-order valence-electron chi connectivity index (χ2n) is 3.00. The topological polar surface area (TPSA) is 23.8 Å². The number of hydrogen-bond donors (Lipinski definition) is 0. The molecule has 0 unspecified atom stereocenters. The van der Waals surface area contributed by atoms with Crippen LogP contribution in [-0.2, 0) is 0 Å². The molecule has 0 aliphatic carbocycles. The molecule has 0 fully saturated rings. The zero-order valence-corrected chi connectivity index (χ0v) is 7.13. The molecule has 0 amide bonds. The van der Waals surface area contributed by atoms with E-state index in [1.807, 2.05) is 19.9 Å². The zero-order valence-electron chi connectivity index (χ0n) is 7.13. The van der Waals surface area contributed by atoms with Crippen molar-refractivity contribution in [2.45, 2.75) is 19.8 Å². The lowest BCUT2D eigenvalue weighted by Gasteiger charge is -2.06. The summed E-state index contributed by atoms with van der Waals surface area (Å²) in [6, 6.07) is 6.29. The number of rotatable bonds is 1. The van der Waals surface area contributed by atoms with Crippen molar-refractivity contribution in [3.63, 3.8) is 0 Å². The van der Waals surface area contributed by atoms with Crippen LogP contribution in [0.25, 0.3) is 0 Å². The van der Waals surface area contributed by atoms with E-state index in [9.17, 15) is 4.39 Å². The Labute approximate surface area is 71.4 Å². The van der Waals surface area contributed by atoms with Gasteiger partial charge in [0.1, 0.15) is 5.82 Å². The Morgan fingerprint density at radius 1 is 1.42 bits per heavy atom. The van der Waals surface area contributed by atoms with Gasteiger partial charge in [-0.05, 0) is 29.7 Å². The molecule has 0 aromatic heterocycles. The summed E-state index contributed by atoms with van der Waals surface area (Å²) in [6.45, 7) is 3.88. The molecule has 0 saturated heterocycles. The highest BCUT2D eigenvalue weighted by atomic mass is 19.1. The molecule has 0 aliphatic rings. The molecular weight excluding hydrogens is 153 g/mol. The van der Waals surface area contributed by atoms with E-state index in [1.165, 1.54) is 18.2 Å². The van der Waals surface area contributed by atoms with Crippen LogP contribution in [0.5, 0.6) is 0 Å². The minimum absolute atomic E-state index is 0.190. The summed E-state index contributed by atoms with van der Waals surface area (Å²) in [6.07, 6.45) is 0. The van der Waals surface area contributed by atoms with E-state index in [0.717, 1.165) is 5.56 Å². The zero-order chi connectivity index (χ0) is 9.14. The van der Waals surface area contributed by atoms with Crippen LogP contribution in [0.1, 0.15) is 30.9 Å². The average molecular weight is 163 g/mol. The molecule has 12 heavy (non-hydrogen) atoms. The second-order valence-corrected chi connectivity index (χ2v) is 3.00. The molecule has 0 N–H and O–H groups in total. The van der Waals surface area contributed by atoms with Gasteiger partial charge in [-0.1, -0.05) is 13.8 Å². The van der Waals surface area contributed by atoms with Crippen molar-refractivity contribution in [3.8, 4) is 6.07 Å². The molecule has 1 nitrogen and oxygen atoms in total. The molecular formula is C10H10FN. The van der Waals surface area contributed by atoms with Crippen LogP contribution < -0.4 is 0 Å². The molecule has 1 aromatic carbocycles. The third-order valence-corrected chi connectivity index (χ3v) is 1.76. The minimum Gasteiger partial charge on any atom is -0.207 e. The lowest BCUT2D eigenvalue weighted by atomic mass is 9.98. The highest BCUT2D eigenvalue weighted by Crippen LogP contribution is 2.19. The Bertz CT molecular complexity index is 323. The first-order valence-corrected chi connectivity index (χ1v) is 3.84.